The zero-order valence-corrected chi connectivity index (χ0v) is 15.5. The second-order valence-corrected chi connectivity index (χ2v) is 7.15. The summed E-state index contributed by atoms with van der Waals surface area (Å²) in [7, 11) is 1.57. The molecule has 2 fully saturated rings. The zero-order valence-electron chi connectivity index (χ0n) is 15.5. The third-order valence-corrected chi connectivity index (χ3v) is 5.27. The molecule has 1 aliphatic carbocycles. The van der Waals surface area contributed by atoms with E-state index in [0.717, 1.165) is 38.9 Å². The fourth-order valence-electron chi connectivity index (χ4n) is 3.85. The molecule has 0 unspecified atom stereocenters. The van der Waals surface area contributed by atoms with Crippen LogP contribution in [0.4, 0.5) is 11.4 Å². The largest absolute Gasteiger partial charge is 0.493 e. The van der Waals surface area contributed by atoms with E-state index >= 15 is 0 Å². The average molecular weight is 363 g/mol. The average Bonchev–Trinajstić information content (AvgIpc) is 3.32. The Balaban J connectivity index is 1.65. The van der Waals surface area contributed by atoms with Gasteiger partial charge in [-0.25, -0.2) is 0 Å². The molecule has 7 heteroatoms. The van der Waals surface area contributed by atoms with Crippen molar-refractivity contribution in [2.45, 2.75) is 51.0 Å². The SMILES string of the molecule is COc1cc(NC2CCCC2)c([N+](=O)[O-])cc1OCCCN1CCCC1. The first-order chi connectivity index (χ1) is 12.7. The number of rotatable bonds is 9. The van der Waals surface area contributed by atoms with Crippen LogP contribution in [0.2, 0.25) is 0 Å². The van der Waals surface area contributed by atoms with Gasteiger partial charge in [-0.2, -0.15) is 0 Å². The number of nitro groups is 1. The van der Waals surface area contributed by atoms with Gasteiger partial charge >= 0.3 is 0 Å². The highest BCUT2D eigenvalue weighted by Crippen LogP contribution is 2.39. The third-order valence-electron chi connectivity index (χ3n) is 5.27. The Morgan fingerprint density at radius 3 is 2.58 bits per heavy atom. The van der Waals surface area contributed by atoms with Crippen LogP contribution in [0.3, 0.4) is 0 Å². The van der Waals surface area contributed by atoms with Gasteiger partial charge in [0, 0.05) is 18.7 Å². The van der Waals surface area contributed by atoms with E-state index in [9.17, 15) is 10.1 Å². The van der Waals surface area contributed by atoms with E-state index in [1.165, 1.54) is 31.7 Å². The van der Waals surface area contributed by atoms with Crippen molar-refractivity contribution < 1.29 is 14.4 Å². The van der Waals surface area contributed by atoms with Gasteiger partial charge in [0.2, 0.25) is 0 Å². The number of nitrogens with one attached hydrogen (secondary N) is 1. The highest BCUT2D eigenvalue weighted by Gasteiger charge is 2.23. The number of nitro benzene ring substituents is 1. The van der Waals surface area contributed by atoms with Crippen LogP contribution in [0, 0.1) is 10.1 Å². The lowest BCUT2D eigenvalue weighted by Gasteiger charge is -2.17. The van der Waals surface area contributed by atoms with Gasteiger partial charge in [0.15, 0.2) is 11.5 Å². The van der Waals surface area contributed by atoms with Crippen LogP contribution in [-0.2, 0) is 0 Å². The van der Waals surface area contributed by atoms with Gasteiger partial charge in [-0.1, -0.05) is 12.8 Å². The smallest absolute Gasteiger partial charge is 0.296 e. The topological polar surface area (TPSA) is 76.9 Å². The standard InChI is InChI=1S/C19H29N3O4/c1-25-18-13-16(20-15-7-2-3-8-15)17(22(23)24)14-19(18)26-12-6-11-21-9-4-5-10-21/h13-15,20H,2-12H2,1H3. The Morgan fingerprint density at radius 1 is 1.19 bits per heavy atom. The van der Waals surface area contributed by atoms with Gasteiger partial charge in [-0.05, 0) is 45.2 Å². The van der Waals surface area contributed by atoms with Gasteiger partial charge in [-0.3, -0.25) is 10.1 Å². The van der Waals surface area contributed by atoms with Crippen molar-refractivity contribution >= 4 is 11.4 Å². The van der Waals surface area contributed by atoms with E-state index in [0.29, 0.717) is 29.8 Å². The summed E-state index contributed by atoms with van der Waals surface area (Å²) in [6, 6.07) is 3.49. The maximum atomic E-state index is 11.5. The Kier molecular flexibility index (Phi) is 6.55. The molecule has 3 rings (SSSR count). The number of methoxy groups -OCH3 is 1. The Morgan fingerprint density at radius 2 is 1.92 bits per heavy atom. The van der Waals surface area contributed by atoms with Crippen LogP contribution in [0.5, 0.6) is 11.5 Å². The summed E-state index contributed by atoms with van der Waals surface area (Å²) in [5.41, 5.74) is 0.565. The van der Waals surface area contributed by atoms with E-state index in [1.54, 1.807) is 13.2 Å². The lowest BCUT2D eigenvalue weighted by Crippen LogP contribution is -2.22. The Labute approximate surface area is 154 Å². The Bertz CT molecular complexity index is 611. The first-order valence-corrected chi connectivity index (χ1v) is 9.65. The van der Waals surface area contributed by atoms with Gasteiger partial charge in [0.25, 0.3) is 5.69 Å². The first-order valence-electron chi connectivity index (χ1n) is 9.65. The maximum absolute atomic E-state index is 11.5. The summed E-state index contributed by atoms with van der Waals surface area (Å²) in [5, 5.41) is 14.8. The molecule has 26 heavy (non-hydrogen) atoms. The van der Waals surface area contributed by atoms with E-state index < -0.39 is 0 Å². The quantitative estimate of drug-likeness (QED) is 0.408. The van der Waals surface area contributed by atoms with Crippen LogP contribution in [0.1, 0.15) is 44.9 Å². The van der Waals surface area contributed by atoms with Crippen molar-refractivity contribution in [3.63, 3.8) is 0 Å². The minimum Gasteiger partial charge on any atom is -0.493 e. The van der Waals surface area contributed by atoms with Crippen LogP contribution in [0.25, 0.3) is 0 Å². The molecule has 0 bridgehead atoms. The van der Waals surface area contributed by atoms with E-state index in [4.69, 9.17) is 9.47 Å². The van der Waals surface area contributed by atoms with E-state index in [-0.39, 0.29) is 10.6 Å². The predicted octanol–water partition coefficient (Wildman–Crippen LogP) is 3.82. The highest BCUT2D eigenvalue weighted by molar-refractivity contribution is 5.68. The van der Waals surface area contributed by atoms with E-state index in [1.807, 2.05) is 0 Å². The van der Waals surface area contributed by atoms with Gasteiger partial charge in [0.1, 0.15) is 5.69 Å². The molecule has 1 aromatic carbocycles. The second-order valence-electron chi connectivity index (χ2n) is 7.15. The van der Waals surface area contributed by atoms with E-state index in [2.05, 4.69) is 10.2 Å². The second kappa shape index (κ2) is 9.07. The molecule has 0 spiro atoms. The lowest BCUT2D eigenvalue weighted by molar-refractivity contribution is -0.384. The monoisotopic (exact) mass is 363 g/mol. The van der Waals surface area contributed by atoms with Crippen LogP contribution in [0.15, 0.2) is 12.1 Å². The van der Waals surface area contributed by atoms with Crippen molar-refractivity contribution in [2.75, 3.05) is 38.7 Å². The summed E-state index contributed by atoms with van der Waals surface area (Å²) >= 11 is 0. The number of likely N-dealkylation sites (tertiary alicyclic amines) is 1. The van der Waals surface area contributed by atoms with Crippen LogP contribution >= 0.6 is 0 Å². The molecule has 144 valence electrons. The molecule has 2 aliphatic rings. The molecule has 1 aromatic rings. The Hall–Kier alpha value is -2.02. The minimum atomic E-state index is -0.353. The van der Waals surface area contributed by atoms with Crippen molar-refractivity contribution in [3.8, 4) is 11.5 Å². The summed E-state index contributed by atoms with van der Waals surface area (Å²) in [6.07, 6.45) is 7.88. The number of nitrogens with zero attached hydrogens (tertiary/aromatic N) is 2. The maximum Gasteiger partial charge on any atom is 0.296 e. The summed E-state index contributed by atoms with van der Waals surface area (Å²) in [5.74, 6) is 0.981. The fourth-order valence-corrected chi connectivity index (χ4v) is 3.85. The molecule has 1 heterocycles. The number of ether oxygens (including phenoxy) is 2. The third kappa shape index (κ3) is 4.78. The van der Waals surface area contributed by atoms with Gasteiger partial charge in [-0.15, -0.1) is 0 Å². The van der Waals surface area contributed by atoms with Gasteiger partial charge in [0.05, 0.1) is 24.7 Å². The molecule has 0 aromatic heterocycles. The molecule has 1 N–H and O–H groups in total. The number of benzene rings is 1. The zero-order chi connectivity index (χ0) is 18.4. The van der Waals surface area contributed by atoms with Gasteiger partial charge < -0.3 is 19.7 Å². The van der Waals surface area contributed by atoms with Crippen molar-refractivity contribution in [1.29, 1.82) is 0 Å². The molecule has 1 saturated heterocycles. The summed E-state index contributed by atoms with van der Waals surface area (Å²) in [6.45, 7) is 3.86. The van der Waals surface area contributed by atoms with Crippen LogP contribution < -0.4 is 14.8 Å². The molecule has 1 aliphatic heterocycles. The first kappa shape index (κ1) is 18.8. The molecular formula is C19H29N3O4. The molecular weight excluding hydrogens is 334 g/mol. The van der Waals surface area contributed by atoms with Crippen molar-refractivity contribution in [2.24, 2.45) is 0 Å². The molecule has 1 saturated carbocycles. The normalized spacial score (nSPS) is 18.2. The molecule has 0 atom stereocenters. The van der Waals surface area contributed by atoms with Crippen molar-refractivity contribution in [1.82, 2.24) is 4.90 Å². The minimum absolute atomic E-state index is 0.0484. The predicted molar refractivity (Wildman–Crippen MR) is 101 cm³/mol. The highest BCUT2D eigenvalue weighted by atomic mass is 16.6. The lowest BCUT2D eigenvalue weighted by atomic mass is 10.2. The molecule has 0 amide bonds. The molecule has 0 radical (unpaired) electrons. The van der Waals surface area contributed by atoms with Crippen molar-refractivity contribution in [3.05, 3.63) is 22.2 Å². The molecule has 7 nitrogen and oxygen atoms in total. The number of anilines is 1. The number of hydrogen-bond acceptors (Lipinski definition) is 6. The number of hydrogen-bond donors (Lipinski definition) is 1. The summed E-state index contributed by atoms with van der Waals surface area (Å²) < 4.78 is 11.2. The fraction of sp³-hybridized carbons (Fsp3) is 0.684. The van der Waals surface area contributed by atoms with Crippen LogP contribution in [-0.4, -0.2) is 49.2 Å². The summed E-state index contributed by atoms with van der Waals surface area (Å²) in [4.78, 5) is 13.6.